The predicted molar refractivity (Wildman–Crippen MR) is 244 cm³/mol. The summed E-state index contributed by atoms with van der Waals surface area (Å²) in [6.07, 6.45) is 0. The number of hydrogen-bond acceptors (Lipinski definition) is 6. The van der Waals surface area contributed by atoms with Crippen LogP contribution in [0.5, 0.6) is 0 Å². The van der Waals surface area contributed by atoms with Gasteiger partial charge in [-0.3, -0.25) is 0 Å². The van der Waals surface area contributed by atoms with Crippen LogP contribution in [0.4, 0.5) is 17.1 Å². The Morgan fingerprint density at radius 2 is 0.927 bits per heavy atom. The van der Waals surface area contributed by atoms with Gasteiger partial charge in [-0.1, -0.05) is 91.0 Å². The Hall–Kier alpha value is -5.89. The average Bonchev–Trinajstić information content (AvgIpc) is 4.02. The summed E-state index contributed by atoms with van der Waals surface area (Å²) in [5.41, 5.74) is 8.08. The van der Waals surface area contributed by atoms with Crippen molar-refractivity contribution in [3.63, 3.8) is 0 Å². The number of anilines is 3. The number of aromatic nitrogens is 1. The van der Waals surface area contributed by atoms with Crippen LogP contribution in [0, 0.1) is 0 Å². The summed E-state index contributed by atoms with van der Waals surface area (Å²) in [7, 11) is 0. The molecule has 0 atom stereocenters. The molecule has 4 aromatic heterocycles. The van der Waals surface area contributed by atoms with Crippen molar-refractivity contribution >= 4 is 133 Å². The molecule has 0 saturated carbocycles. The van der Waals surface area contributed by atoms with E-state index in [9.17, 15) is 0 Å². The van der Waals surface area contributed by atoms with E-state index in [2.05, 4.69) is 175 Å². The fraction of sp³-hybridized carbons (Fsp3) is 0. The van der Waals surface area contributed by atoms with Crippen molar-refractivity contribution in [3.05, 3.63) is 170 Å². The molecule has 0 aliphatic carbocycles. The number of thiazole rings is 1. The summed E-state index contributed by atoms with van der Waals surface area (Å²) < 4.78 is 9.11. The average molecular weight is 773 g/mol. The molecule has 12 aromatic rings. The first-order valence-corrected chi connectivity index (χ1v) is 21.5. The van der Waals surface area contributed by atoms with E-state index in [1.54, 1.807) is 11.3 Å². The molecular formula is C49H28N2S4. The number of fused-ring (bicyclic) bond motifs is 11. The maximum Gasteiger partial charge on any atom is 0.124 e. The second kappa shape index (κ2) is 12.3. The topological polar surface area (TPSA) is 16.1 Å². The van der Waals surface area contributed by atoms with Gasteiger partial charge in [0.25, 0.3) is 0 Å². The van der Waals surface area contributed by atoms with Gasteiger partial charge < -0.3 is 4.90 Å². The van der Waals surface area contributed by atoms with Crippen molar-refractivity contribution in [1.82, 2.24) is 4.98 Å². The van der Waals surface area contributed by atoms with E-state index in [1.807, 2.05) is 34.0 Å². The van der Waals surface area contributed by atoms with Crippen molar-refractivity contribution < 1.29 is 0 Å². The van der Waals surface area contributed by atoms with Crippen molar-refractivity contribution in [3.8, 4) is 21.7 Å². The van der Waals surface area contributed by atoms with Crippen LogP contribution < -0.4 is 4.90 Å². The minimum absolute atomic E-state index is 1.06. The summed E-state index contributed by atoms with van der Waals surface area (Å²) in [5, 5.41) is 8.91. The standard InChI is InChI=1S/C49H28N2S4/c1-2-8-30(9-3-1)49-50-40-22-25-45-47(48(40)55-49)39-26-31(16-23-44(39)53-45)29-14-17-32(18-15-29)51(33-20-24-43-38(27-33)36-11-5-7-13-42(36)52-43)34-19-21-37-35-10-4-6-12-41(35)54-46(37)28-34/h1-28H. The molecule has 0 saturated heterocycles. The number of benzene rings is 8. The van der Waals surface area contributed by atoms with Crippen LogP contribution in [0.15, 0.2) is 170 Å². The highest BCUT2D eigenvalue weighted by atomic mass is 32.1. The minimum atomic E-state index is 1.06. The molecule has 2 nitrogen and oxygen atoms in total. The van der Waals surface area contributed by atoms with Crippen LogP contribution in [0.3, 0.4) is 0 Å². The Balaban J connectivity index is 0.984. The Kier molecular flexibility index (Phi) is 7.04. The molecule has 55 heavy (non-hydrogen) atoms. The molecule has 0 amide bonds. The van der Waals surface area contributed by atoms with Gasteiger partial charge in [-0.2, -0.15) is 0 Å². The third-order valence-corrected chi connectivity index (χ3v) is 15.3. The maximum atomic E-state index is 5.05. The fourth-order valence-electron chi connectivity index (χ4n) is 8.09. The summed E-state index contributed by atoms with van der Waals surface area (Å²) >= 11 is 7.39. The Labute approximate surface area is 332 Å². The Morgan fingerprint density at radius 1 is 0.345 bits per heavy atom. The molecule has 0 N–H and O–H groups in total. The molecule has 0 aliphatic heterocycles. The zero-order valence-electron chi connectivity index (χ0n) is 29.2. The number of hydrogen-bond donors (Lipinski definition) is 0. The van der Waals surface area contributed by atoms with Gasteiger partial charge in [0, 0.05) is 83.1 Å². The fourth-order valence-corrected chi connectivity index (χ4v) is 12.6. The molecule has 6 heteroatoms. The summed E-state index contributed by atoms with van der Waals surface area (Å²) in [5.74, 6) is 0. The lowest BCUT2D eigenvalue weighted by molar-refractivity contribution is 1.30. The van der Waals surface area contributed by atoms with E-state index >= 15 is 0 Å². The lowest BCUT2D eigenvalue weighted by Gasteiger charge is -2.26. The van der Waals surface area contributed by atoms with Gasteiger partial charge in [0.1, 0.15) is 5.01 Å². The molecule has 0 spiro atoms. The first-order chi connectivity index (χ1) is 27.2. The highest BCUT2D eigenvalue weighted by molar-refractivity contribution is 7.28. The van der Waals surface area contributed by atoms with Crippen LogP contribution in [0.25, 0.3) is 92.4 Å². The predicted octanol–water partition coefficient (Wildman–Crippen LogP) is 16.2. The van der Waals surface area contributed by atoms with E-state index in [0.29, 0.717) is 0 Å². The second-order valence-corrected chi connectivity index (χ2v) is 18.2. The van der Waals surface area contributed by atoms with Crippen LogP contribution in [0.1, 0.15) is 0 Å². The monoisotopic (exact) mass is 772 g/mol. The Morgan fingerprint density at radius 3 is 1.76 bits per heavy atom. The SMILES string of the molecule is c1ccc(-c2nc3ccc4sc5ccc(-c6ccc(N(c7ccc8c(c7)sc7ccccc78)c7ccc8sc9ccccc9c8c7)cc6)cc5c4c3s2)cc1. The lowest BCUT2D eigenvalue weighted by Crippen LogP contribution is -2.09. The zero-order valence-corrected chi connectivity index (χ0v) is 32.5. The third kappa shape index (κ3) is 5.06. The van der Waals surface area contributed by atoms with Gasteiger partial charge >= 0.3 is 0 Å². The van der Waals surface area contributed by atoms with Crippen molar-refractivity contribution in [1.29, 1.82) is 0 Å². The van der Waals surface area contributed by atoms with E-state index in [-0.39, 0.29) is 0 Å². The lowest BCUT2D eigenvalue weighted by atomic mass is 10.0. The largest absolute Gasteiger partial charge is 0.310 e. The zero-order chi connectivity index (χ0) is 36.0. The van der Waals surface area contributed by atoms with Crippen LogP contribution in [-0.4, -0.2) is 4.98 Å². The van der Waals surface area contributed by atoms with Gasteiger partial charge in [0.15, 0.2) is 0 Å². The summed E-state index contributed by atoms with van der Waals surface area (Å²) in [4.78, 5) is 7.47. The molecular weight excluding hydrogens is 745 g/mol. The van der Waals surface area contributed by atoms with E-state index in [4.69, 9.17) is 4.98 Å². The van der Waals surface area contributed by atoms with Crippen LogP contribution >= 0.6 is 45.3 Å². The van der Waals surface area contributed by atoms with Gasteiger partial charge in [0.2, 0.25) is 0 Å². The first-order valence-electron chi connectivity index (χ1n) is 18.3. The number of thiophene rings is 3. The molecule has 0 fully saturated rings. The highest BCUT2D eigenvalue weighted by Crippen LogP contribution is 2.46. The van der Waals surface area contributed by atoms with Gasteiger partial charge in [-0.25, -0.2) is 4.98 Å². The highest BCUT2D eigenvalue weighted by Gasteiger charge is 2.18. The molecule has 12 rings (SSSR count). The normalized spacial score (nSPS) is 12.0. The van der Waals surface area contributed by atoms with Gasteiger partial charge in [-0.05, 0) is 90.0 Å². The molecule has 8 aromatic carbocycles. The first kappa shape index (κ1) is 31.5. The van der Waals surface area contributed by atoms with Crippen molar-refractivity contribution in [2.75, 3.05) is 4.90 Å². The summed E-state index contributed by atoms with van der Waals surface area (Å²) in [6.45, 7) is 0. The quantitative estimate of drug-likeness (QED) is 0.173. The Bertz CT molecular complexity index is 3440. The maximum absolute atomic E-state index is 5.05. The second-order valence-electron chi connectivity index (χ2n) is 13.9. The smallest absolute Gasteiger partial charge is 0.124 e. The van der Waals surface area contributed by atoms with Crippen LogP contribution in [0.2, 0.25) is 0 Å². The molecule has 258 valence electrons. The summed E-state index contributed by atoms with van der Waals surface area (Å²) in [6, 6.07) is 62.4. The van der Waals surface area contributed by atoms with Crippen molar-refractivity contribution in [2.24, 2.45) is 0 Å². The van der Waals surface area contributed by atoms with E-state index in [1.165, 1.54) is 81.9 Å². The van der Waals surface area contributed by atoms with Crippen molar-refractivity contribution in [2.45, 2.75) is 0 Å². The van der Waals surface area contributed by atoms with E-state index < -0.39 is 0 Å². The molecule has 4 heterocycles. The van der Waals surface area contributed by atoms with Gasteiger partial charge in [0.05, 0.1) is 10.2 Å². The minimum Gasteiger partial charge on any atom is -0.310 e. The van der Waals surface area contributed by atoms with Gasteiger partial charge in [-0.15, -0.1) is 45.3 Å². The molecule has 0 bridgehead atoms. The van der Waals surface area contributed by atoms with Crippen LogP contribution in [-0.2, 0) is 0 Å². The molecule has 0 unspecified atom stereocenters. The number of rotatable bonds is 5. The van der Waals surface area contributed by atoms with E-state index in [0.717, 1.165) is 27.6 Å². The molecule has 0 radical (unpaired) electrons. The third-order valence-electron chi connectivity index (χ3n) is 10.7. The molecule has 0 aliphatic rings. The number of nitrogens with zero attached hydrogens (tertiary/aromatic N) is 2.